The zero-order valence-electron chi connectivity index (χ0n) is 17.4. The van der Waals surface area contributed by atoms with Crippen molar-refractivity contribution in [2.75, 3.05) is 52.4 Å². The molecule has 2 aliphatic rings. The largest absolute Gasteiger partial charge is 0.455 e. The molecular formula is C19H43N3OSi2. The molecule has 6 heteroatoms. The molecule has 0 spiro atoms. The number of nitrogens with one attached hydrogen (secondary N) is 1. The van der Waals surface area contributed by atoms with Gasteiger partial charge in [0.2, 0.25) is 0 Å². The van der Waals surface area contributed by atoms with Gasteiger partial charge in [-0.15, -0.1) is 0 Å². The van der Waals surface area contributed by atoms with Crippen LogP contribution >= 0.6 is 0 Å². The lowest BCUT2D eigenvalue weighted by Gasteiger charge is -2.35. The van der Waals surface area contributed by atoms with Crippen LogP contribution in [0.15, 0.2) is 0 Å². The van der Waals surface area contributed by atoms with E-state index in [2.05, 4.69) is 41.3 Å². The second-order valence-electron chi connectivity index (χ2n) is 9.32. The van der Waals surface area contributed by atoms with Crippen molar-refractivity contribution in [3.05, 3.63) is 0 Å². The summed E-state index contributed by atoms with van der Waals surface area (Å²) in [7, 11) is -3.01. The van der Waals surface area contributed by atoms with E-state index in [1.807, 2.05) is 0 Å². The number of hydrogen-bond donors (Lipinski definition) is 1. The van der Waals surface area contributed by atoms with Crippen molar-refractivity contribution < 1.29 is 4.12 Å². The van der Waals surface area contributed by atoms with Gasteiger partial charge in [-0.1, -0.05) is 6.42 Å². The Morgan fingerprint density at radius 1 is 0.720 bits per heavy atom. The first-order valence-electron chi connectivity index (χ1n) is 10.7. The van der Waals surface area contributed by atoms with Crippen molar-refractivity contribution in [3.8, 4) is 0 Å². The molecule has 1 N–H and O–H groups in total. The fourth-order valence-corrected chi connectivity index (χ4v) is 13.2. The molecule has 148 valence electrons. The van der Waals surface area contributed by atoms with Crippen molar-refractivity contribution >= 4 is 16.6 Å². The molecule has 2 saturated heterocycles. The molecule has 2 rings (SSSR count). The Bertz CT molecular complexity index is 334. The zero-order valence-corrected chi connectivity index (χ0v) is 19.4. The van der Waals surface area contributed by atoms with Crippen LogP contribution < -0.4 is 5.32 Å². The maximum atomic E-state index is 6.83. The second kappa shape index (κ2) is 10.6. The summed E-state index contributed by atoms with van der Waals surface area (Å²) in [5.74, 6) is 0. The Hall–Kier alpha value is 0.274. The standard InChI is InChI=1S/C19H43N3OSi2/c1-24(2,18-8-14-21-12-6-5-7-13-21)23-25(3,4)19-9-15-22-16-10-20-11-17-22/h20H,5-19H2,1-4H3. The van der Waals surface area contributed by atoms with E-state index in [4.69, 9.17) is 4.12 Å². The number of piperazine rings is 1. The third kappa shape index (κ3) is 9.15. The molecule has 0 aromatic rings. The molecule has 0 bridgehead atoms. The zero-order chi connectivity index (χ0) is 18.2. The SMILES string of the molecule is C[Si](C)(CCCN1CCCCC1)O[Si](C)(C)CCCN1CCNCC1. The van der Waals surface area contributed by atoms with Crippen molar-refractivity contribution in [2.45, 2.75) is 70.4 Å². The van der Waals surface area contributed by atoms with Gasteiger partial charge in [-0.3, -0.25) is 0 Å². The van der Waals surface area contributed by atoms with Gasteiger partial charge in [-0.05, 0) is 90.1 Å². The molecular weight excluding hydrogens is 342 g/mol. The molecule has 4 nitrogen and oxygen atoms in total. The fraction of sp³-hybridized carbons (Fsp3) is 1.00. The third-order valence-electron chi connectivity index (χ3n) is 5.72. The van der Waals surface area contributed by atoms with Gasteiger partial charge in [0.25, 0.3) is 0 Å². The Balaban J connectivity index is 1.62. The number of hydrogen-bond acceptors (Lipinski definition) is 4. The molecule has 2 fully saturated rings. The molecule has 0 aromatic heterocycles. The van der Waals surface area contributed by atoms with E-state index < -0.39 is 16.6 Å². The van der Waals surface area contributed by atoms with Crippen LogP contribution in [-0.2, 0) is 4.12 Å². The van der Waals surface area contributed by atoms with Crippen LogP contribution in [0, 0.1) is 0 Å². The average molecular weight is 386 g/mol. The monoisotopic (exact) mass is 385 g/mol. The number of likely N-dealkylation sites (tertiary alicyclic amines) is 1. The van der Waals surface area contributed by atoms with Crippen LogP contribution in [0.3, 0.4) is 0 Å². The predicted octanol–water partition coefficient (Wildman–Crippen LogP) is 3.58. The van der Waals surface area contributed by atoms with Crippen LogP contribution in [0.2, 0.25) is 38.3 Å². The molecule has 0 amide bonds. The summed E-state index contributed by atoms with van der Waals surface area (Å²) in [5, 5.41) is 3.44. The minimum absolute atomic E-state index is 1.16. The van der Waals surface area contributed by atoms with Gasteiger partial charge in [-0.25, -0.2) is 0 Å². The smallest absolute Gasteiger partial charge is 0.173 e. The summed E-state index contributed by atoms with van der Waals surface area (Å²) in [6, 6.07) is 2.65. The third-order valence-corrected chi connectivity index (χ3v) is 13.3. The first-order valence-corrected chi connectivity index (χ1v) is 17.0. The van der Waals surface area contributed by atoms with Crippen molar-refractivity contribution in [2.24, 2.45) is 0 Å². The van der Waals surface area contributed by atoms with E-state index >= 15 is 0 Å². The topological polar surface area (TPSA) is 27.7 Å². The number of rotatable bonds is 10. The van der Waals surface area contributed by atoms with Gasteiger partial charge >= 0.3 is 0 Å². The summed E-state index contributed by atoms with van der Waals surface area (Å²) in [6.07, 6.45) is 6.91. The highest BCUT2D eigenvalue weighted by Gasteiger charge is 2.32. The Morgan fingerprint density at radius 3 is 1.72 bits per heavy atom. The normalized spacial score (nSPS) is 21.6. The van der Waals surface area contributed by atoms with Gasteiger partial charge in [0.1, 0.15) is 0 Å². The van der Waals surface area contributed by atoms with Gasteiger partial charge in [-0.2, -0.15) is 0 Å². The van der Waals surface area contributed by atoms with Crippen LogP contribution in [0.25, 0.3) is 0 Å². The molecule has 0 atom stereocenters. The summed E-state index contributed by atoms with van der Waals surface area (Å²) < 4.78 is 6.83. The Kier molecular flexibility index (Phi) is 9.12. The molecule has 0 radical (unpaired) electrons. The summed E-state index contributed by atoms with van der Waals surface area (Å²) >= 11 is 0. The van der Waals surface area contributed by atoms with E-state index in [0.717, 1.165) is 13.1 Å². The molecule has 0 aromatic carbocycles. The van der Waals surface area contributed by atoms with Crippen molar-refractivity contribution in [1.29, 1.82) is 0 Å². The van der Waals surface area contributed by atoms with E-state index in [1.165, 1.54) is 83.5 Å². The highest BCUT2D eigenvalue weighted by Crippen LogP contribution is 2.24. The number of piperidine rings is 1. The summed E-state index contributed by atoms with van der Waals surface area (Å²) in [6.45, 7) is 19.8. The summed E-state index contributed by atoms with van der Waals surface area (Å²) in [5.41, 5.74) is 0. The van der Waals surface area contributed by atoms with Crippen molar-refractivity contribution in [1.82, 2.24) is 15.1 Å². The predicted molar refractivity (Wildman–Crippen MR) is 114 cm³/mol. The first-order chi connectivity index (χ1) is 11.9. The minimum atomic E-state index is -1.51. The Morgan fingerprint density at radius 2 is 1.20 bits per heavy atom. The molecule has 2 heterocycles. The fourth-order valence-electron chi connectivity index (χ4n) is 4.42. The lowest BCUT2D eigenvalue weighted by atomic mass is 10.1. The lowest BCUT2D eigenvalue weighted by molar-refractivity contribution is 0.228. The van der Waals surface area contributed by atoms with Gasteiger partial charge < -0.3 is 19.2 Å². The van der Waals surface area contributed by atoms with E-state index in [9.17, 15) is 0 Å². The highest BCUT2D eigenvalue weighted by molar-refractivity contribution is 6.84. The second-order valence-corrected chi connectivity index (χ2v) is 18.2. The minimum Gasteiger partial charge on any atom is -0.455 e. The Labute approximate surface area is 158 Å². The molecule has 2 aliphatic heterocycles. The van der Waals surface area contributed by atoms with Crippen LogP contribution in [0.5, 0.6) is 0 Å². The van der Waals surface area contributed by atoms with E-state index in [-0.39, 0.29) is 0 Å². The van der Waals surface area contributed by atoms with Gasteiger partial charge in [0.15, 0.2) is 16.6 Å². The van der Waals surface area contributed by atoms with E-state index in [0.29, 0.717) is 0 Å². The van der Waals surface area contributed by atoms with E-state index in [1.54, 1.807) is 0 Å². The average Bonchev–Trinajstić information content (AvgIpc) is 2.55. The molecule has 25 heavy (non-hydrogen) atoms. The van der Waals surface area contributed by atoms with Gasteiger partial charge in [0, 0.05) is 26.2 Å². The molecule has 0 unspecified atom stereocenters. The lowest BCUT2D eigenvalue weighted by Crippen LogP contribution is -2.46. The van der Waals surface area contributed by atoms with Crippen LogP contribution in [0.4, 0.5) is 0 Å². The maximum absolute atomic E-state index is 6.83. The first kappa shape index (κ1) is 21.6. The molecule has 0 aliphatic carbocycles. The highest BCUT2D eigenvalue weighted by atomic mass is 28.4. The molecule has 0 saturated carbocycles. The van der Waals surface area contributed by atoms with Crippen LogP contribution in [0.1, 0.15) is 32.1 Å². The van der Waals surface area contributed by atoms with Crippen LogP contribution in [-0.4, -0.2) is 78.8 Å². The maximum Gasteiger partial charge on any atom is 0.173 e. The quantitative estimate of drug-likeness (QED) is 0.582. The number of nitrogens with zero attached hydrogens (tertiary/aromatic N) is 2. The van der Waals surface area contributed by atoms with Crippen molar-refractivity contribution in [3.63, 3.8) is 0 Å². The van der Waals surface area contributed by atoms with Gasteiger partial charge in [0.05, 0.1) is 0 Å². The summed E-state index contributed by atoms with van der Waals surface area (Å²) in [4.78, 5) is 5.28.